The predicted molar refractivity (Wildman–Crippen MR) is 87.3 cm³/mol. The molecule has 1 fully saturated rings. The Morgan fingerprint density at radius 2 is 1.78 bits per heavy atom. The lowest BCUT2D eigenvalue weighted by molar-refractivity contribution is 0.338. The highest BCUT2D eigenvalue weighted by molar-refractivity contribution is 14.0. The number of hydrogen-bond acceptors (Lipinski definition) is 1. The third-order valence-corrected chi connectivity index (χ3v) is 3.22. The van der Waals surface area contributed by atoms with E-state index in [-0.39, 0.29) is 24.0 Å². The smallest absolute Gasteiger partial charge is 0.191 e. The summed E-state index contributed by atoms with van der Waals surface area (Å²) >= 11 is 0. The number of halogens is 1. The summed E-state index contributed by atoms with van der Waals surface area (Å²) < 4.78 is 0. The lowest BCUT2D eigenvalue weighted by atomic mass is 10.1. The maximum Gasteiger partial charge on any atom is 0.191 e. The molecule has 0 radical (unpaired) electrons. The van der Waals surface area contributed by atoms with Gasteiger partial charge in [-0.3, -0.25) is 0 Å². The summed E-state index contributed by atoms with van der Waals surface area (Å²) in [5, 5.41) is 0. The molecule has 2 N–H and O–H groups in total. The molecule has 1 saturated heterocycles. The molecule has 1 heterocycles. The van der Waals surface area contributed by atoms with Crippen molar-refractivity contribution in [2.24, 2.45) is 10.7 Å². The molecule has 0 saturated carbocycles. The fourth-order valence-electron chi connectivity index (χ4n) is 2.09. The van der Waals surface area contributed by atoms with Crippen molar-refractivity contribution < 1.29 is 0 Å². The number of hydrogen-bond donors (Lipinski definition) is 1. The molecule has 0 aromatic heterocycles. The Labute approximate surface area is 126 Å². The molecule has 0 bridgehead atoms. The molecular formula is C14H22IN3. The van der Waals surface area contributed by atoms with E-state index >= 15 is 0 Å². The van der Waals surface area contributed by atoms with Gasteiger partial charge in [0.2, 0.25) is 0 Å². The summed E-state index contributed by atoms with van der Waals surface area (Å²) in [4.78, 5) is 6.66. The molecule has 1 aromatic rings. The molecule has 4 heteroatoms. The van der Waals surface area contributed by atoms with Gasteiger partial charge in [0.05, 0.1) is 6.54 Å². The van der Waals surface area contributed by atoms with Crippen LogP contribution in [0.1, 0.15) is 30.4 Å². The first-order valence-electron chi connectivity index (χ1n) is 6.36. The standard InChI is InChI=1S/C14H21N3.HI/c1-12-5-7-13(8-6-12)11-16-14(15)17-9-3-2-4-10-17;/h5-8H,2-4,9-11H2,1H3,(H2,15,16);1H. The maximum atomic E-state index is 6.00. The average molecular weight is 359 g/mol. The quantitative estimate of drug-likeness (QED) is 0.501. The van der Waals surface area contributed by atoms with Crippen LogP contribution in [-0.2, 0) is 6.54 Å². The summed E-state index contributed by atoms with van der Waals surface area (Å²) in [5.74, 6) is 0.699. The summed E-state index contributed by atoms with van der Waals surface area (Å²) in [5.41, 5.74) is 8.50. The topological polar surface area (TPSA) is 41.6 Å². The molecule has 1 aromatic carbocycles. The number of benzene rings is 1. The fraction of sp³-hybridized carbons (Fsp3) is 0.500. The van der Waals surface area contributed by atoms with Crippen LogP contribution in [0, 0.1) is 6.92 Å². The Morgan fingerprint density at radius 1 is 1.17 bits per heavy atom. The van der Waals surface area contributed by atoms with Crippen LogP contribution in [0.4, 0.5) is 0 Å². The van der Waals surface area contributed by atoms with E-state index in [1.165, 1.54) is 30.4 Å². The maximum absolute atomic E-state index is 6.00. The summed E-state index contributed by atoms with van der Waals surface area (Å²) in [7, 11) is 0. The van der Waals surface area contributed by atoms with E-state index in [0.717, 1.165) is 13.1 Å². The van der Waals surface area contributed by atoms with Gasteiger partial charge >= 0.3 is 0 Å². The second-order valence-electron chi connectivity index (χ2n) is 4.71. The molecule has 100 valence electrons. The van der Waals surface area contributed by atoms with Crippen LogP contribution >= 0.6 is 24.0 Å². The lowest BCUT2D eigenvalue weighted by Gasteiger charge is -2.27. The molecule has 0 spiro atoms. The average Bonchev–Trinajstić information content (AvgIpc) is 2.39. The monoisotopic (exact) mass is 359 g/mol. The number of rotatable bonds is 2. The van der Waals surface area contributed by atoms with Crippen LogP contribution in [0.15, 0.2) is 29.3 Å². The molecule has 0 unspecified atom stereocenters. The molecule has 1 aliphatic heterocycles. The van der Waals surface area contributed by atoms with Crippen molar-refractivity contribution in [2.75, 3.05) is 13.1 Å². The van der Waals surface area contributed by atoms with E-state index in [0.29, 0.717) is 12.5 Å². The first-order valence-corrected chi connectivity index (χ1v) is 6.36. The van der Waals surface area contributed by atoms with Crippen molar-refractivity contribution in [1.29, 1.82) is 0 Å². The third kappa shape index (κ3) is 4.48. The second-order valence-corrected chi connectivity index (χ2v) is 4.71. The number of nitrogens with two attached hydrogens (primary N) is 1. The molecule has 0 aliphatic carbocycles. The van der Waals surface area contributed by atoms with E-state index in [1.807, 2.05) is 0 Å². The molecule has 3 nitrogen and oxygen atoms in total. The predicted octanol–water partition coefficient (Wildman–Crippen LogP) is 2.91. The van der Waals surface area contributed by atoms with Gasteiger partial charge in [-0.2, -0.15) is 0 Å². The molecular weight excluding hydrogens is 337 g/mol. The van der Waals surface area contributed by atoms with Crippen molar-refractivity contribution in [3.8, 4) is 0 Å². The largest absolute Gasteiger partial charge is 0.370 e. The van der Waals surface area contributed by atoms with Crippen molar-refractivity contribution in [3.63, 3.8) is 0 Å². The van der Waals surface area contributed by atoms with Gasteiger partial charge in [-0.05, 0) is 31.7 Å². The Balaban J connectivity index is 0.00000162. The minimum Gasteiger partial charge on any atom is -0.370 e. The first kappa shape index (κ1) is 15.3. The Hall–Kier alpha value is -0.780. The molecule has 0 amide bonds. The normalized spacial score (nSPS) is 16.3. The van der Waals surface area contributed by atoms with Gasteiger partial charge in [0.25, 0.3) is 0 Å². The minimum absolute atomic E-state index is 0. The molecule has 2 rings (SSSR count). The zero-order valence-corrected chi connectivity index (χ0v) is 13.3. The Bertz CT molecular complexity index is 381. The van der Waals surface area contributed by atoms with E-state index < -0.39 is 0 Å². The number of aliphatic imine (C=N–C) groups is 1. The van der Waals surface area contributed by atoms with Crippen LogP contribution in [0.3, 0.4) is 0 Å². The van der Waals surface area contributed by atoms with Gasteiger partial charge in [-0.15, -0.1) is 24.0 Å². The minimum atomic E-state index is 0. The third-order valence-electron chi connectivity index (χ3n) is 3.22. The summed E-state index contributed by atoms with van der Waals surface area (Å²) in [6.07, 6.45) is 3.79. The van der Waals surface area contributed by atoms with Crippen molar-refractivity contribution >= 4 is 29.9 Å². The van der Waals surface area contributed by atoms with Crippen molar-refractivity contribution in [1.82, 2.24) is 4.90 Å². The second kappa shape index (κ2) is 7.61. The van der Waals surface area contributed by atoms with Crippen LogP contribution in [0.25, 0.3) is 0 Å². The lowest BCUT2D eigenvalue weighted by Crippen LogP contribution is -2.40. The molecule has 1 aliphatic rings. The van der Waals surface area contributed by atoms with Gasteiger partial charge in [-0.1, -0.05) is 29.8 Å². The highest BCUT2D eigenvalue weighted by Crippen LogP contribution is 2.09. The van der Waals surface area contributed by atoms with Crippen LogP contribution in [0.2, 0.25) is 0 Å². The summed E-state index contributed by atoms with van der Waals surface area (Å²) in [6.45, 7) is 4.89. The van der Waals surface area contributed by atoms with Gasteiger partial charge in [0.1, 0.15) is 0 Å². The number of guanidine groups is 1. The molecule has 0 atom stereocenters. The number of piperidine rings is 1. The zero-order valence-electron chi connectivity index (χ0n) is 10.9. The van der Waals surface area contributed by atoms with Crippen LogP contribution in [0.5, 0.6) is 0 Å². The molecule has 18 heavy (non-hydrogen) atoms. The Kier molecular flexibility index (Phi) is 6.46. The Morgan fingerprint density at radius 3 is 2.39 bits per heavy atom. The van der Waals surface area contributed by atoms with Gasteiger partial charge in [0.15, 0.2) is 5.96 Å². The highest BCUT2D eigenvalue weighted by atomic mass is 127. The SMILES string of the molecule is Cc1ccc(CN=C(N)N2CCCCC2)cc1.I. The van der Waals surface area contributed by atoms with Gasteiger partial charge in [0, 0.05) is 13.1 Å². The number of likely N-dealkylation sites (tertiary alicyclic amines) is 1. The van der Waals surface area contributed by atoms with Crippen molar-refractivity contribution in [2.45, 2.75) is 32.7 Å². The van der Waals surface area contributed by atoms with Crippen LogP contribution in [-0.4, -0.2) is 23.9 Å². The first-order chi connectivity index (χ1) is 8.25. The van der Waals surface area contributed by atoms with E-state index in [2.05, 4.69) is 41.1 Å². The summed E-state index contributed by atoms with van der Waals surface area (Å²) in [6, 6.07) is 8.45. The van der Waals surface area contributed by atoms with Gasteiger partial charge < -0.3 is 10.6 Å². The van der Waals surface area contributed by atoms with Crippen molar-refractivity contribution in [3.05, 3.63) is 35.4 Å². The van der Waals surface area contributed by atoms with E-state index in [9.17, 15) is 0 Å². The highest BCUT2D eigenvalue weighted by Gasteiger charge is 2.11. The van der Waals surface area contributed by atoms with Gasteiger partial charge in [-0.25, -0.2) is 4.99 Å². The fourth-order valence-corrected chi connectivity index (χ4v) is 2.09. The van der Waals surface area contributed by atoms with E-state index in [1.54, 1.807) is 0 Å². The van der Waals surface area contributed by atoms with Crippen LogP contribution < -0.4 is 5.73 Å². The number of nitrogens with zero attached hydrogens (tertiary/aromatic N) is 2. The number of aryl methyl sites for hydroxylation is 1. The van der Waals surface area contributed by atoms with E-state index in [4.69, 9.17) is 5.73 Å². The zero-order chi connectivity index (χ0) is 12.1.